The predicted octanol–water partition coefficient (Wildman–Crippen LogP) is 3.22. The van der Waals surface area contributed by atoms with Gasteiger partial charge in [0.2, 0.25) is 0 Å². The SMILES string of the molecule is C[C@H]1C[C@@H](N)CCN1C(=O)c1ccc(COc2ccccc2)cc1. The summed E-state index contributed by atoms with van der Waals surface area (Å²) in [5.41, 5.74) is 7.74. The number of nitrogens with zero attached hydrogens (tertiary/aromatic N) is 1. The van der Waals surface area contributed by atoms with Crippen molar-refractivity contribution in [2.75, 3.05) is 6.54 Å². The van der Waals surface area contributed by atoms with Crippen LogP contribution >= 0.6 is 0 Å². The van der Waals surface area contributed by atoms with Crippen molar-refractivity contribution in [3.63, 3.8) is 0 Å². The lowest BCUT2D eigenvalue weighted by molar-refractivity contribution is 0.0619. The molecule has 0 radical (unpaired) electrons. The van der Waals surface area contributed by atoms with Crippen LogP contribution in [0.1, 0.15) is 35.7 Å². The predicted molar refractivity (Wildman–Crippen MR) is 94.9 cm³/mol. The first-order valence-electron chi connectivity index (χ1n) is 8.47. The molecule has 4 heteroatoms. The molecule has 1 saturated heterocycles. The number of hydrogen-bond acceptors (Lipinski definition) is 3. The molecule has 1 aliphatic heterocycles. The van der Waals surface area contributed by atoms with Gasteiger partial charge in [-0.15, -0.1) is 0 Å². The summed E-state index contributed by atoms with van der Waals surface area (Å²) >= 11 is 0. The molecule has 4 nitrogen and oxygen atoms in total. The second-order valence-corrected chi connectivity index (χ2v) is 6.43. The van der Waals surface area contributed by atoms with Crippen LogP contribution < -0.4 is 10.5 Å². The number of carbonyl (C=O) groups is 1. The maximum absolute atomic E-state index is 12.7. The lowest BCUT2D eigenvalue weighted by atomic mass is 9.98. The lowest BCUT2D eigenvalue weighted by Crippen LogP contribution is -2.48. The van der Waals surface area contributed by atoms with Gasteiger partial charge in [0, 0.05) is 24.2 Å². The third-order valence-corrected chi connectivity index (χ3v) is 4.53. The van der Waals surface area contributed by atoms with Gasteiger partial charge in [-0.2, -0.15) is 0 Å². The number of benzene rings is 2. The highest BCUT2D eigenvalue weighted by molar-refractivity contribution is 5.94. The van der Waals surface area contributed by atoms with E-state index in [4.69, 9.17) is 10.5 Å². The number of piperidine rings is 1. The van der Waals surface area contributed by atoms with Gasteiger partial charge in [-0.3, -0.25) is 4.79 Å². The molecule has 3 rings (SSSR count). The van der Waals surface area contributed by atoms with Gasteiger partial charge in [0.25, 0.3) is 5.91 Å². The van der Waals surface area contributed by atoms with Crippen LogP contribution in [0, 0.1) is 0 Å². The van der Waals surface area contributed by atoms with Crippen molar-refractivity contribution in [3.8, 4) is 5.75 Å². The van der Waals surface area contributed by atoms with Gasteiger partial charge in [0.15, 0.2) is 0 Å². The van der Waals surface area contributed by atoms with Crippen molar-refractivity contribution < 1.29 is 9.53 Å². The van der Waals surface area contributed by atoms with E-state index in [9.17, 15) is 4.79 Å². The Hall–Kier alpha value is -2.33. The number of carbonyl (C=O) groups excluding carboxylic acids is 1. The molecule has 2 aromatic rings. The van der Waals surface area contributed by atoms with Crippen molar-refractivity contribution in [1.29, 1.82) is 0 Å². The fourth-order valence-corrected chi connectivity index (χ4v) is 3.10. The van der Waals surface area contributed by atoms with E-state index in [0.29, 0.717) is 6.61 Å². The van der Waals surface area contributed by atoms with E-state index in [2.05, 4.69) is 6.92 Å². The molecular weight excluding hydrogens is 300 g/mol. The van der Waals surface area contributed by atoms with E-state index in [1.165, 1.54) is 0 Å². The van der Waals surface area contributed by atoms with Crippen molar-refractivity contribution in [3.05, 3.63) is 65.7 Å². The first kappa shape index (κ1) is 16.5. The molecule has 126 valence electrons. The van der Waals surface area contributed by atoms with Crippen molar-refractivity contribution in [1.82, 2.24) is 4.90 Å². The van der Waals surface area contributed by atoms with Crippen molar-refractivity contribution >= 4 is 5.91 Å². The Bertz CT molecular complexity index is 670. The zero-order chi connectivity index (χ0) is 16.9. The minimum absolute atomic E-state index is 0.0879. The fraction of sp³-hybridized carbons (Fsp3) is 0.350. The Kier molecular flexibility index (Phi) is 5.16. The zero-order valence-electron chi connectivity index (χ0n) is 14.0. The Morgan fingerprint density at radius 2 is 1.88 bits per heavy atom. The standard InChI is InChI=1S/C20H24N2O2/c1-15-13-18(21)11-12-22(15)20(23)17-9-7-16(8-10-17)14-24-19-5-3-2-4-6-19/h2-10,15,18H,11-14,21H2,1H3/t15-,18-/m0/s1. The molecule has 1 aliphatic rings. The van der Waals surface area contributed by atoms with E-state index >= 15 is 0 Å². The van der Waals surface area contributed by atoms with Crippen molar-refractivity contribution in [2.45, 2.75) is 38.5 Å². The molecule has 0 aliphatic carbocycles. The first-order chi connectivity index (χ1) is 11.6. The van der Waals surface area contributed by atoms with Gasteiger partial charge in [-0.05, 0) is 49.6 Å². The van der Waals surface area contributed by atoms with Gasteiger partial charge >= 0.3 is 0 Å². The minimum Gasteiger partial charge on any atom is -0.489 e. The number of nitrogens with two attached hydrogens (primary N) is 1. The Balaban J connectivity index is 1.60. The lowest BCUT2D eigenvalue weighted by Gasteiger charge is -2.36. The van der Waals surface area contributed by atoms with E-state index in [1.54, 1.807) is 0 Å². The van der Waals surface area contributed by atoms with Crippen LogP contribution in [0.25, 0.3) is 0 Å². The van der Waals surface area contributed by atoms with E-state index in [1.807, 2.05) is 59.5 Å². The third kappa shape index (κ3) is 3.95. The molecule has 2 aromatic carbocycles. The van der Waals surface area contributed by atoms with Crippen LogP contribution in [0.15, 0.2) is 54.6 Å². The van der Waals surface area contributed by atoms with E-state index in [-0.39, 0.29) is 18.0 Å². The second kappa shape index (κ2) is 7.49. The summed E-state index contributed by atoms with van der Waals surface area (Å²) in [5.74, 6) is 0.932. The minimum atomic E-state index is 0.0879. The highest BCUT2D eigenvalue weighted by Crippen LogP contribution is 2.19. The van der Waals surface area contributed by atoms with Gasteiger partial charge in [-0.1, -0.05) is 30.3 Å². The molecule has 1 fully saturated rings. The summed E-state index contributed by atoms with van der Waals surface area (Å²) in [4.78, 5) is 14.6. The quantitative estimate of drug-likeness (QED) is 0.939. The summed E-state index contributed by atoms with van der Waals surface area (Å²) in [6.45, 7) is 3.30. The molecule has 2 N–H and O–H groups in total. The van der Waals surface area contributed by atoms with Crippen LogP contribution in [0.3, 0.4) is 0 Å². The average molecular weight is 324 g/mol. The van der Waals surface area contributed by atoms with Gasteiger partial charge in [-0.25, -0.2) is 0 Å². The van der Waals surface area contributed by atoms with E-state index in [0.717, 1.165) is 36.3 Å². The Morgan fingerprint density at radius 1 is 1.17 bits per heavy atom. The molecule has 0 saturated carbocycles. The molecule has 1 amide bonds. The maximum Gasteiger partial charge on any atom is 0.254 e. The molecule has 24 heavy (non-hydrogen) atoms. The molecule has 2 atom stereocenters. The Morgan fingerprint density at radius 3 is 2.54 bits per heavy atom. The van der Waals surface area contributed by atoms with Crippen LogP contribution in [-0.4, -0.2) is 29.4 Å². The Labute approximate surface area is 143 Å². The number of likely N-dealkylation sites (tertiary alicyclic amines) is 1. The first-order valence-corrected chi connectivity index (χ1v) is 8.47. The van der Waals surface area contributed by atoms with Gasteiger partial charge in [0.05, 0.1) is 0 Å². The third-order valence-electron chi connectivity index (χ3n) is 4.53. The monoisotopic (exact) mass is 324 g/mol. The van der Waals surface area contributed by atoms with Crippen LogP contribution in [-0.2, 0) is 6.61 Å². The topological polar surface area (TPSA) is 55.6 Å². The molecular formula is C20H24N2O2. The molecule has 0 aromatic heterocycles. The van der Waals surface area contributed by atoms with E-state index < -0.39 is 0 Å². The number of amides is 1. The summed E-state index contributed by atoms with van der Waals surface area (Å²) in [6, 6.07) is 17.8. The molecule has 1 heterocycles. The summed E-state index contributed by atoms with van der Waals surface area (Å²) < 4.78 is 5.73. The molecule has 0 unspecified atom stereocenters. The largest absolute Gasteiger partial charge is 0.489 e. The van der Waals surface area contributed by atoms with Crippen molar-refractivity contribution in [2.24, 2.45) is 5.73 Å². The summed E-state index contributed by atoms with van der Waals surface area (Å²) in [7, 11) is 0. The average Bonchev–Trinajstić information content (AvgIpc) is 2.61. The maximum atomic E-state index is 12.7. The van der Waals surface area contributed by atoms with Gasteiger partial charge < -0.3 is 15.4 Å². The normalized spacial score (nSPS) is 20.7. The summed E-state index contributed by atoms with van der Waals surface area (Å²) in [5, 5.41) is 0. The van der Waals surface area contributed by atoms with Gasteiger partial charge in [0.1, 0.15) is 12.4 Å². The molecule has 0 spiro atoms. The van der Waals surface area contributed by atoms with Crippen LogP contribution in [0.2, 0.25) is 0 Å². The number of para-hydroxylation sites is 1. The van der Waals surface area contributed by atoms with Crippen LogP contribution in [0.4, 0.5) is 0 Å². The fourth-order valence-electron chi connectivity index (χ4n) is 3.10. The molecule has 0 bridgehead atoms. The summed E-state index contributed by atoms with van der Waals surface area (Å²) in [6.07, 6.45) is 1.74. The smallest absolute Gasteiger partial charge is 0.254 e. The number of ether oxygens (including phenoxy) is 1. The number of hydrogen-bond donors (Lipinski definition) is 1. The highest BCUT2D eigenvalue weighted by atomic mass is 16.5. The highest BCUT2D eigenvalue weighted by Gasteiger charge is 2.27. The number of rotatable bonds is 4. The zero-order valence-corrected chi connectivity index (χ0v) is 14.0. The second-order valence-electron chi connectivity index (χ2n) is 6.43. The van der Waals surface area contributed by atoms with Crippen LogP contribution in [0.5, 0.6) is 5.75 Å².